The number of aliphatic hydroxyl groups excluding tert-OH is 1. The first kappa shape index (κ1) is 10.9. The first-order valence-electron chi connectivity index (χ1n) is 5.03. The highest BCUT2D eigenvalue weighted by Gasteiger charge is 2.21. The van der Waals surface area contributed by atoms with Crippen molar-refractivity contribution in [3.05, 3.63) is 34.6 Å². The Hall–Kier alpha value is -0.640. The lowest BCUT2D eigenvalue weighted by atomic mass is 10.1. The zero-order valence-corrected chi connectivity index (χ0v) is 8.97. The van der Waals surface area contributed by atoms with E-state index in [1.807, 2.05) is 0 Å². The van der Waals surface area contributed by atoms with E-state index in [-0.39, 0.29) is 5.02 Å². The molecule has 0 amide bonds. The van der Waals surface area contributed by atoms with E-state index in [0.717, 1.165) is 0 Å². The molecule has 1 atom stereocenters. The van der Waals surface area contributed by atoms with E-state index >= 15 is 0 Å². The van der Waals surface area contributed by atoms with Crippen LogP contribution in [-0.2, 0) is 0 Å². The van der Waals surface area contributed by atoms with Crippen LogP contribution in [0.15, 0.2) is 18.2 Å². The van der Waals surface area contributed by atoms with Crippen molar-refractivity contribution < 1.29 is 9.50 Å². The predicted octanol–water partition coefficient (Wildman–Crippen LogP) is 2.26. The summed E-state index contributed by atoms with van der Waals surface area (Å²) >= 11 is 5.55. The molecule has 1 aliphatic carbocycles. The average molecular weight is 230 g/mol. The lowest BCUT2D eigenvalue weighted by molar-refractivity contribution is 0.174. The predicted molar refractivity (Wildman–Crippen MR) is 57.4 cm³/mol. The van der Waals surface area contributed by atoms with Gasteiger partial charge in [0, 0.05) is 12.6 Å². The van der Waals surface area contributed by atoms with Gasteiger partial charge in [-0.05, 0) is 30.5 Å². The second-order valence-corrected chi connectivity index (χ2v) is 4.28. The molecule has 15 heavy (non-hydrogen) atoms. The van der Waals surface area contributed by atoms with Gasteiger partial charge >= 0.3 is 0 Å². The smallest absolute Gasteiger partial charge is 0.142 e. The van der Waals surface area contributed by atoms with Crippen LogP contribution in [0.4, 0.5) is 4.39 Å². The van der Waals surface area contributed by atoms with E-state index in [1.165, 1.54) is 25.0 Å². The number of benzene rings is 1. The quantitative estimate of drug-likeness (QED) is 0.830. The Morgan fingerprint density at radius 1 is 1.53 bits per heavy atom. The van der Waals surface area contributed by atoms with Crippen LogP contribution >= 0.6 is 11.6 Å². The van der Waals surface area contributed by atoms with Crippen LogP contribution in [0.3, 0.4) is 0 Å². The zero-order chi connectivity index (χ0) is 10.8. The molecule has 2 N–H and O–H groups in total. The summed E-state index contributed by atoms with van der Waals surface area (Å²) in [5.41, 5.74) is 0.560. The minimum Gasteiger partial charge on any atom is -0.387 e. The fourth-order valence-corrected chi connectivity index (χ4v) is 1.52. The summed E-state index contributed by atoms with van der Waals surface area (Å²) in [7, 11) is 0. The third-order valence-corrected chi connectivity index (χ3v) is 2.81. The molecule has 1 aromatic rings. The van der Waals surface area contributed by atoms with Gasteiger partial charge in [-0.3, -0.25) is 0 Å². The molecule has 0 aromatic heterocycles. The zero-order valence-electron chi connectivity index (χ0n) is 8.21. The van der Waals surface area contributed by atoms with E-state index in [1.54, 1.807) is 6.07 Å². The van der Waals surface area contributed by atoms with Crippen molar-refractivity contribution in [3.63, 3.8) is 0 Å². The molecule has 82 valence electrons. The molecule has 1 aromatic carbocycles. The molecule has 0 spiro atoms. The molecule has 0 saturated heterocycles. The van der Waals surface area contributed by atoms with Crippen LogP contribution in [0.5, 0.6) is 0 Å². The van der Waals surface area contributed by atoms with Crippen LogP contribution in [0, 0.1) is 5.82 Å². The van der Waals surface area contributed by atoms with Crippen LogP contribution in [-0.4, -0.2) is 17.7 Å². The van der Waals surface area contributed by atoms with Gasteiger partial charge in [0.05, 0.1) is 11.1 Å². The van der Waals surface area contributed by atoms with E-state index in [4.69, 9.17) is 11.6 Å². The monoisotopic (exact) mass is 229 g/mol. The molecule has 1 unspecified atom stereocenters. The molecular weight excluding hydrogens is 217 g/mol. The molecule has 2 nitrogen and oxygen atoms in total. The van der Waals surface area contributed by atoms with Gasteiger partial charge in [0.1, 0.15) is 5.82 Å². The topological polar surface area (TPSA) is 32.3 Å². The third-order valence-electron chi connectivity index (χ3n) is 2.51. The van der Waals surface area contributed by atoms with Gasteiger partial charge in [0.2, 0.25) is 0 Å². The highest BCUT2D eigenvalue weighted by Crippen LogP contribution is 2.22. The SMILES string of the molecule is OC(CNC1CC1)c1ccc(Cl)c(F)c1. The van der Waals surface area contributed by atoms with Crippen molar-refractivity contribution in [2.24, 2.45) is 0 Å². The summed E-state index contributed by atoms with van der Waals surface area (Å²) in [4.78, 5) is 0. The third kappa shape index (κ3) is 2.91. The molecular formula is C11H13ClFNO. The van der Waals surface area contributed by atoms with Crippen molar-refractivity contribution in [2.45, 2.75) is 25.0 Å². The number of nitrogens with one attached hydrogen (secondary N) is 1. The minimum atomic E-state index is -0.669. The molecule has 0 radical (unpaired) electrons. The van der Waals surface area contributed by atoms with Gasteiger partial charge in [-0.2, -0.15) is 0 Å². The standard InChI is InChI=1S/C11H13ClFNO/c12-9-4-1-7(5-10(9)13)11(15)6-14-8-2-3-8/h1,4-5,8,11,14-15H,2-3,6H2. The lowest BCUT2D eigenvalue weighted by Gasteiger charge is -2.12. The van der Waals surface area contributed by atoms with E-state index in [9.17, 15) is 9.50 Å². The molecule has 1 saturated carbocycles. The van der Waals surface area contributed by atoms with Crippen LogP contribution in [0.25, 0.3) is 0 Å². The van der Waals surface area contributed by atoms with E-state index in [2.05, 4.69) is 5.32 Å². The highest BCUT2D eigenvalue weighted by molar-refractivity contribution is 6.30. The lowest BCUT2D eigenvalue weighted by Crippen LogP contribution is -2.23. The first-order chi connectivity index (χ1) is 7.16. The minimum absolute atomic E-state index is 0.0844. The second-order valence-electron chi connectivity index (χ2n) is 3.87. The molecule has 2 rings (SSSR count). The molecule has 4 heteroatoms. The van der Waals surface area contributed by atoms with Crippen LogP contribution in [0.1, 0.15) is 24.5 Å². The van der Waals surface area contributed by atoms with Gasteiger partial charge < -0.3 is 10.4 Å². The molecule has 1 aliphatic rings. The summed E-state index contributed by atoms with van der Waals surface area (Å²) in [5, 5.41) is 13.0. The highest BCUT2D eigenvalue weighted by atomic mass is 35.5. The number of rotatable bonds is 4. The van der Waals surface area contributed by atoms with Gasteiger partial charge in [0.15, 0.2) is 0 Å². The van der Waals surface area contributed by atoms with Gasteiger partial charge in [0.25, 0.3) is 0 Å². The molecule has 0 heterocycles. The summed E-state index contributed by atoms with van der Waals surface area (Å²) < 4.78 is 13.1. The van der Waals surface area contributed by atoms with Crippen molar-refractivity contribution >= 4 is 11.6 Å². The van der Waals surface area contributed by atoms with E-state index in [0.29, 0.717) is 18.2 Å². The average Bonchev–Trinajstić information content (AvgIpc) is 3.02. The number of hydrogen-bond acceptors (Lipinski definition) is 2. The number of aliphatic hydroxyl groups is 1. The molecule has 0 aliphatic heterocycles. The maximum Gasteiger partial charge on any atom is 0.142 e. The van der Waals surface area contributed by atoms with Crippen LogP contribution in [0.2, 0.25) is 5.02 Å². The second kappa shape index (κ2) is 4.47. The largest absolute Gasteiger partial charge is 0.387 e. The Morgan fingerprint density at radius 2 is 2.27 bits per heavy atom. The first-order valence-corrected chi connectivity index (χ1v) is 5.41. The summed E-state index contributed by atoms with van der Waals surface area (Å²) in [6.45, 7) is 0.464. The van der Waals surface area contributed by atoms with Gasteiger partial charge in [-0.15, -0.1) is 0 Å². The Bertz CT molecular complexity index is 354. The van der Waals surface area contributed by atoms with E-state index < -0.39 is 11.9 Å². The molecule has 1 fully saturated rings. The summed E-state index contributed by atoms with van der Waals surface area (Å²) in [5.74, 6) is -0.486. The van der Waals surface area contributed by atoms with Crippen molar-refractivity contribution in [2.75, 3.05) is 6.54 Å². The fraction of sp³-hybridized carbons (Fsp3) is 0.455. The molecule has 0 bridgehead atoms. The van der Waals surface area contributed by atoms with Crippen molar-refractivity contribution in [1.29, 1.82) is 0 Å². The van der Waals surface area contributed by atoms with Gasteiger partial charge in [-0.25, -0.2) is 4.39 Å². The number of halogens is 2. The fourth-order valence-electron chi connectivity index (χ4n) is 1.40. The normalized spacial score (nSPS) is 17.8. The Labute approximate surface area is 93.1 Å². The Morgan fingerprint density at radius 3 is 2.87 bits per heavy atom. The van der Waals surface area contributed by atoms with Gasteiger partial charge in [-0.1, -0.05) is 17.7 Å². The Balaban J connectivity index is 1.97. The summed E-state index contributed by atoms with van der Waals surface area (Å²) in [6.07, 6.45) is 1.67. The maximum atomic E-state index is 13.1. The number of hydrogen-bond donors (Lipinski definition) is 2. The van der Waals surface area contributed by atoms with Crippen LogP contribution < -0.4 is 5.32 Å². The maximum absolute atomic E-state index is 13.1. The Kier molecular flexibility index (Phi) is 3.24. The van der Waals surface area contributed by atoms with Crippen molar-refractivity contribution in [3.8, 4) is 0 Å². The van der Waals surface area contributed by atoms with Crippen molar-refractivity contribution in [1.82, 2.24) is 5.32 Å². The summed E-state index contributed by atoms with van der Waals surface area (Å²) in [6, 6.07) is 4.93.